The van der Waals surface area contributed by atoms with Crippen LogP contribution in [-0.4, -0.2) is 31.8 Å². The van der Waals surface area contributed by atoms with E-state index in [0.717, 1.165) is 0 Å². The van der Waals surface area contributed by atoms with E-state index in [9.17, 15) is 14.3 Å². The lowest BCUT2D eigenvalue weighted by molar-refractivity contribution is 0.0942. The van der Waals surface area contributed by atoms with Crippen LogP contribution in [0.1, 0.15) is 28.4 Å². The minimum absolute atomic E-state index is 0.276. The molecule has 128 valence electrons. The van der Waals surface area contributed by atoms with Crippen LogP contribution < -0.4 is 14.8 Å². The van der Waals surface area contributed by atoms with Gasteiger partial charge in [0, 0.05) is 12.1 Å². The van der Waals surface area contributed by atoms with Gasteiger partial charge in [0.2, 0.25) is 0 Å². The Morgan fingerprint density at radius 1 is 1.12 bits per heavy atom. The fourth-order valence-electron chi connectivity index (χ4n) is 2.25. The number of benzene rings is 2. The molecule has 0 aliphatic heterocycles. The van der Waals surface area contributed by atoms with Crippen molar-refractivity contribution >= 4 is 5.91 Å². The molecule has 0 saturated carbocycles. The van der Waals surface area contributed by atoms with E-state index in [4.69, 9.17) is 9.47 Å². The number of rotatable bonds is 7. The Labute approximate surface area is 140 Å². The van der Waals surface area contributed by atoms with Gasteiger partial charge < -0.3 is 19.9 Å². The van der Waals surface area contributed by atoms with Crippen molar-refractivity contribution in [2.75, 3.05) is 20.8 Å². The van der Waals surface area contributed by atoms with Crippen molar-refractivity contribution < 1.29 is 23.8 Å². The number of halogens is 1. The normalized spacial score (nSPS) is 11.7. The highest BCUT2D eigenvalue weighted by atomic mass is 19.1. The minimum atomic E-state index is -0.767. The molecule has 2 aromatic carbocycles. The number of carbonyl (C=O) groups is 1. The molecular formula is C18H20FNO4. The van der Waals surface area contributed by atoms with E-state index in [1.165, 1.54) is 38.5 Å². The van der Waals surface area contributed by atoms with E-state index in [1.54, 1.807) is 18.2 Å². The molecule has 0 fully saturated rings. The highest BCUT2D eigenvalue weighted by Gasteiger charge is 2.12. The smallest absolute Gasteiger partial charge is 0.251 e. The molecule has 0 spiro atoms. The first-order valence-corrected chi connectivity index (χ1v) is 7.49. The Kier molecular flexibility index (Phi) is 6.14. The molecule has 0 bridgehead atoms. The zero-order chi connectivity index (χ0) is 17.5. The van der Waals surface area contributed by atoms with E-state index >= 15 is 0 Å². The maximum atomic E-state index is 12.9. The van der Waals surface area contributed by atoms with Gasteiger partial charge in [-0.2, -0.15) is 0 Å². The van der Waals surface area contributed by atoms with Crippen molar-refractivity contribution in [3.05, 3.63) is 59.4 Å². The van der Waals surface area contributed by atoms with Crippen LogP contribution >= 0.6 is 0 Å². The van der Waals surface area contributed by atoms with Gasteiger partial charge in [-0.05, 0) is 42.3 Å². The predicted octanol–water partition coefficient (Wildman–Crippen LogP) is 2.70. The number of methoxy groups -OCH3 is 2. The van der Waals surface area contributed by atoms with E-state index in [2.05, 4.69) is 5.32 Å². The summed E-state index contributed by atoms with van der Waals surface area (Å²) in [5.74, 6) is 0.382. The van der Waals surface area contributed by atoms with Gasteiger partial charge in [0.15, 0.2) is 11.5 Å². The average molecular weight is 333 g/mol. The standard InChI is InChI=1S/C18H20FNO4/c1-23-16-8-5-13(11-17(16)24-2)18(22)20-10-9-15(21)12-3-6-14(19)7-4-12/h3-8,11,15,21H,9-10H2,1-2H3,(H,20,22). The highest BCUT2D eigenvalue weighted by molar-refractivity contribution is 5.94. The molecular weight excluding hydrogens is 313 g/mol. The summed E-state index contributed by atoms with van der Waals surface area (Å²) in [6, 6.07) is 10.5. The summed E-state index contributed by atoms with van der Waals surface area (Å²) < 4.78 is 23.1. The fourth-order valence-corrected chi connectivity index (χ4v) is 2.25. The number of aliphatic hydroxyl groups excluding tert-OH is 1. The summed E-state index contributed by atoms with van der Waals surface area (Å²) in [6.07, 6.45) is -0.443. The van der Waals surface area contributed by atoms with Crippen LogP contribution in [0.15, 0.2) is 42.5 Å². The third kappa shape index (κ3) is 4.45. The minimum Gasteiger partial charge on any atom is -0.493 e. The van der Waals surface area contributed by atoms with Gasteiger partial charge in [-0.15, -0.1) is 0 Å². The summed E-state index contributed by atoms with van der Waals surface area (Å²) in [5, 5.41) is 12.8. The Morgan fingerprint density at radius 2 is 1.79 bits per heavy atom. The monoisotopic (exact) mass is 333 g/mol. The van der Waals surface area contributed by atoms with E-state index in [-0.39, 0.29) is 18.3 Å². The Morgan fingerprint density at radius 3 is 2.42 bits per heavy atom. The quantitative estimate of drug-likeness (QED) is 0.817. The van der Waals surface area contributed by atoms with Crippen molar-refractivity contribution in [2.45, 2.75) is 12.5 Å². The lowest BCUT2D eigenvalue weighted by Crippen LogP contribution is -2.25. The zero-order valence-corrected chi connectivity index (χ0v) is 13.6. The van der Waals surface area contributed by atoms with E-state index < -0.39 is 6.10 Å². The molecule has 2 rings (SSSR count). The van der Waals surface area contributed by atoms with Crippen LogP contribution in [-0.2, 0) is 0 Å². The molecule has 0 aromatic heterocycles. The van der Waals surface area contributed by atoms with Gasteiger partial charge in [0.25, 0.3) is 5.91 Å². The number of nitrogens with one attached hydrogen (secondary N) is 1. The maximum Gasteiger partial charge on any atom is 0.251 e. The van der Waals surface area contributed by atoms with Gasteiger partial charge in [-0.1, -0.05) is 12.1 Å². The molecule has 24 heavy (non-hydrogen) atoms. The second-order valence-corrected chi connectivity index (χ2v) is 5.18. The molecule has 0 aliphatic rings. The summed E-state index contributed by atoms with van der Waals surface area (Å²) >= 11 is 0. The van der Waals surface area contributed by atoms with Crippen molar-refractivity contribution in [3.8, 4) is 11.5 Å². The van der Waals surface area contributed by atoms with Crippen LogP contribution in [0.2, 0.25) is 0 Å². The molecule has 0 aliphatic carbocycles. The molecule has 1 unspecified atom stereocenters. The lowest BCUT2D eigenvalue weighted by Gasteiger charge is -2.12. The summed E-state index contributed by atoms with van der Waals surface area (Å²) in [7, 11) is 3.02. The summed E-state index contributed by atoms with van der Waals surface area (Å²) in [6.45, 7) is 0.283. The van der Waals surface area contributed by atoms with Crippen LogP contribution in [0.4, 0.5) is 4.39 Å². The molecule has 0 radical (unpaired) electrons. The Balaban J connectivity index is 1.90. The second-order valence-electron chi connectivity index (χ2n) is 5.18. The van der Waals surface area contributed by atoms with Crippen LogP contribution in [0, 0.1) is 5.82 Å². The van der Waals surface area contributed by atoms with Gasteiger partial charge >= 0.3 is 0 Å². The van der Waals surface area contributed by atoms with Crippen LogP contribution in [0.25, 0.3) is 0 Å². The molecule has 2 N–H and O–H groups in total. The number of carbonyl (C=O) groups excluding carboxylic acids is 1. The van der Waals surface area contributed by atoms with Crippen LogP contribution in [0.3, 0.4) is 0 Å². The molecule has 2 aromatic rings. The molecule has 1 atom stereocenters. The SMILES string of the molecule is COc1ccc(C(=O)NCCC(O)c2ccc(F)cc2)cc1OC. The molecule has 0 heterocycles. The number of ether oxygens (including phenoxy) is 2. The molecule has 6 heteroatoms. The maximum absolute atomic E-state index is 12.9. The third-order valence-corrected chi connectivity index (χ3v) is 3.60. The third-order valence-electron chi connectivity index (χ3n) is 3.60. The second kappa shape index (κ2) is 8.31. The first kappa shape index (κ1) is 17.7. The topological polar surface area (TPSA) is 67.8 Å². The number of hydrogen-bond donors (Lipinski definition) is 2. The van der Waals surface area contributed by atoms with E-state index in [0.29, 0.717) is 29.0 Å². The van der Waals surface area contributed by atoms with Gasteiger partial charge in [-0.3, -0.25) is 4.79 Å². The Hall–Kier alpha value is -2.60. The molecule has 0 saturated heterocycles. The van der Waals surface area contributed by atoms with Gasteiger partial charge in [0.1, 0.15) is 5.82 Å². The number of amides is 1. The van der Waals surface area contributed by atoms with Crippen LogP contribution in [0.5, 0.6) is 11.5 Å². The zero-order valence-electron chi connectivity index (χ0n) is 13.6. The molecule has 1 amide bonds. The van der Waals surface area contributed by atoms with Gasteiger partial charge in [-0.25, -0.2) is 4.39 Å². The fraction of sp³-hybridized carbons (Fsp3) is 0.278. The number of hydrogen-bond acceptors (Lipinski definition) is 4. The molecule has 5 nitrogen and oxygen atoms in total. The highest BCUT2D eigenvalue weighted by Crippen LogP contribution is 2.27. The number of aliphatic hydroxyl groups is 1. The Bertz CT molecular complexity index is 688. The predicted molar refractivity (Wildman–Crippen MR) is 87.9 cm³/mol. The first-order chi connectivity index (χ1) is 11.5. The summed E-state index contributed by atoms with van der Waals surface area (Å²) in [5.41, 5.74) is 1.04. The van der Waals surface area contributed by atoms with Crippen molar-refractivity contribution in [1.82, 2.24) is 5.32 Å². The first-order valence-electron chi connectivity index (χ1n) is 7.49. The van der Waals surface area contributed by atoms with Crippen molar-refractivity contribution in [1.29, 1.82) is 0 Å². The summed E-state index contributed by atoms with van der Waals surface area (Å²) in [4.78, 5) is 12.1. The average Bonchev–Trinajstić information content (AvgIpc) is 2.61. The van der Waals surface area contributed by atoms with Gasteiger partial charge in [0.05, 0.1) is 20.3 Å². The lowest BCUT2D eigenvalue weighted by atomic mass is 10.1. The van der Waals surface area contributed by atoms with Crippen molar-refractivity contribution in [2.24, 2.45) is 0 Å². The largest absolute Gasteiger partial charge is 0.493 e. The van der Waals surface area contributed by atoms with E-state index in [1.807, 2.05) is 0 Å². The van der Waals surface area contributed by atoms with Crippen molar-refractivity contribution in [3.63, 3.8) is 0 Å².